The normalized spacial score (nSPS) is 15.2. The summed E-state index contributed by atoms with van der Waals surface area (Å²) in [5.74, 6) is 0.165. The molecule has 1 aliphatic carbocycles. The number of hydrogen-bond donors (Lipinski definition) is 1. The Morgan fingerprint density at radius 1 is 1.23 bits per heavy atom. The van der Waals surface area contributed by atoms with Crippen LogP contribution < -0.4 is 5.32 Å². The zero-order valence-electron chi connectivity index (χ0n) is 12.7. The molecule has 1 N–H and O–H groups in total. The number of fused-ring (bicyclic) bond motifs is 1. The van der Waals surface area contributed by atoms with Crippen molar-refractivity contribution in [2.24, 2.45) is 0 Å². The van der Waals surface area contributed by atoms with Crippen LogP contribution in [0.1, 0.15) is 59.5 Å². The lowest BCUT2D eigenvalue weighted by atomic mass is 9.89. The average molecular weight is 362 g/mol. The quantitative estimate of drug-likeness (QED) is 0.849. The smallest absolute Gasteiger partial charge is 0.287 e. The Hall–Kier alpha value is -1.55. The first-order valence-electron chi connectivity index (χ1n) is 7.85. The Labute approximate surface area is 139 Å². The monoisotopic (exact) mass is 361 g/mol. The van der Waals surface area contributed by atoms with Gasteiger partial charge in [0.05, 0.1) is 6.04 Å². The maximum atomic E-state index is 12.3. The third kappa shape index (κ3) is 3.27. The molecule has 0 saturated heterocycles. The lowest BCUT2D eigenvalue weighted by molar-refractivity contribution is 0.0906. The van der Waals surface area contributed by atoms with E-state index in [1.165, 1.54) is 36.0 Å². The van der Waals surface area contributed by atoms with E-state index in [2.05, 4.69) is 46.4 Å². The van der Waals surface area contributed by atoms with Gasteiger partial charge in [-0.05, 0) is 76.9 Å². The summed E-state index contributed by atoms with van der Waals surface area (Å²) in [5, 5.41) is 3.07. The van der Waals surface area contributed by atoms with Gasteiger partial charge in [0.2, 0.25) is 0 Å². The first-order chi connectivity index (χ1) is 10.7. The van der Waals surface area contributed by atoms with Gasteiger partial charge < -0.3 is 9.73 Å². The van der Waals surface area contributed by atoms with E-state index in [1.807, 2.05) is 0 Å². The van der Waals surface area contributed by atoms with Crippen LogP contribution in [-0.4, -0.2) is 5.91 Å². The fraction of sp³-hybridized carbons (Fsp3) is 0.389. The molecule has 2 aromatic rings. The lowest BCUT2D eigenvalue weighted by Crippen LogP contribution is -2.28. The zero-order chi connectivity index (χ0) is 15.5. The van der Waals surface area contributed by atoms with Crippen LogP contribution in [-0.2, 0) is 12.8 Å². The molecule has 22 heavy (non-hydrogen) atoms. The molecule has 1 atom stereocenters. The number of carbonyl (C=O) groups is 1. The highest BCUT2D eigenvalue weighted by molar-refractivity contribution is 9.10. The van der Waals surface area contributed by atoms with Gasteiger partial charge in [-0.1, -0.05) is 25.1 Å². The van der Waals surface area contributed by atoms with Crippen molar-refractivity contribution in [1.29, 1.82) is 0 Å². The number of halogens is 1. The van der Waals surface area contributed by atoms with Crippen molar-refractivity contribution in [3.8, 4) is 0 Å². The number of hydrogen-bond acceptors (Lipinski definition) is 2. The van der Waals surface area contributed by atoms with E-state index in [1.54, 1.807) is 12.1 Å². The molecule has 1 aromatic carbocycles. The fourth-order valence-corrected chi connectivity index (χ4v) is 3.36. The summed E-state index contributed by atoms with van der Waals surface area (Å²) >= 11 is 3.22. The highest BCUT2D eigenvalue weighted by Crippen LogP contribution is 2.26. The Balaban J connectivity index is 1.77. The van der Waals surface area contributed by atoms with E-state index in [0.717, 1.165) is 12.8 Å². The number of furan rings is 1. The summed E-state index contributed by atoms with van der Waals surface area (Å²) in [4.78, 5) is 12.3. The van der Waals surface area contributed by atoms with Crippen LogP contribution in [0.25, 0.3) is 0 Å². The second kappa shape index (κ2) is 6.69. The van der Waals surface area contributed by atoms with Gasteiger partial charge in [-0.25, -0.2) is 0 Å². The van der Waals surface area contributed by atoms with Crippen molar-refractivity contribution >= 4 is 21.8 Å². The maximum Gasteiger partial charge on any atom is 0.287 e. The van der Waals surface area contributed by atoms with Gasteiger partial charge in [0.1, 0.15) is 0 Å². The van der Waals surface area contributed by atoms with Crippen LogP contribution in [0.2, 0.25) is 0 Å². The van der Waals surface area contributed by atoms with E-state index >= 15 is 0 Å². The maximum absolute atomic E-state index is 12.3. The van der Waals surface area contributed by atoms with E-state index in [4.69, 9.17) is 4.42 Å². The third-order valence-electron chi connectivity index (χ3n) is 4.29. The van der Waals surface area contributed by atoms with Crippen LogP contribution in [0, 0.1) is 0 Å². The highest BCUT2D eigenvalue weighted by atomic mass is 79.9. The van der Waals surface area contributed by atoms with Crippen molar-refractivity contribution < 1.29 is 9.21 Å². The standard InChI is InChI=1S/C18H20BrNO2/c1-2-15(20-18(21)16-9-10-17(19)22-16)14-8-7-12-5-3-4-6-13(12)11-14/h7-11,15H,2-6H2,1H3,(H,20,21). The largest absolute Gasteiger partial charge is 0.444 e. The predicted molar refractivity (Wildman–Crippen MR) is 90.0 cm³/mol. The molecule has 0 bridgehead atoms. The minimum Gasteiger partial charge on any atom is -0.444 e. The lowest BCUT2D eigenvalue weighted by Gasteiger charge is -2.21. The number of benzene rings is 1. The van der Waals surface area contributed by atoms with Gasteiger partial charge in [0, 0.05) is 0 Å². The van der Waals surface area contributed by atoms with E-state index in [0.29, 0.717) is 10.4 Å². The molecule has 1 aromatic heterocycles. The predicted octanol–water partition coefficient (Wildman–Crippen LogP) is 4.80. The summed E-state index contributed by atoms with van der Waals surface area (Å²) in [6.45, 7) is 2.09. The molecule has 3 nitrogen and oxygen atoms in total. The highest BCUT2D eigenvalue weighted by Gasteiger charge is 2.18. The molecular formula is C18H20BrNO2. The number of rotatable bonds is 4. The molecule has 1 amide bonds. The molecule has 1 unspecified atom stereocenters. The SMILES string of the molecule is CCC(NC(=O)c1ccc(Br)o1)c1ccc2c(c1)CCCC2. The molecular weight excluding hydrogens is 342 g/mol. The van der Waals surface area contributed by atoms with Gasteiger partial charge in [-0.2, -0.15) is 0 Å². The first kappa shape index (κ1) is 15.3. The molecule has 4 heteroatoms. The molecule has 0 fully saturated rings. The van der Waals surface area contributed by atoms with Gasteiger partial charge in [-0.3, -0.25) is 4.79 Å². The minimum atomic E-state index is -0.171. The van der Waals surface area contributed by atoms with Crippen LogP contribution >= 0.6 is 15.9 Å². The number of amides is 1. The molecule has 1 aliphatic rings. The summed E-state index contributed by atoms with van der Waals surface area (Å²) in [7, 11) is 0. The Morgan fingerprint density at radius 3 is 2.68 bits per heavy atom. The van der Waals surface area contributed by atoms with Gasteiger partial charge >= 0.3 is 0 Å². The minimum absolute atomic E-state index is 0.0172. The Kier molecular flexibility index (Phi) is 4.67. The molecule has 0 spiro atoms. The topological polar surface area (TPSA) is 42.2 Å². The number of nitrogens with one attached hydrogen (secondary N) is 1. The summed E-state index contributed by atoms with van der Waals surface area (Å²) in [6.07, 6.45) is 5.73. The zero-order valence-corrected chi connectivity index (χ0v) is 14.3. The van der Waals surface area contributed by atoms with Crippen LogP contribution in [0.4, 0.5) is 0 Å². The van der Waals surface area contributed by atoms with Gasteiger partial charge in [0.25, 0.3) is 5.91 Å². The average Bonchev–Trinajstić information content (AvgIpc) is 2.98. The van der Waals surface area contributed by atoms with Crippen molar-refractivity contribution in [3.63, 3.8) is 0 Å². The third-order valence-corrected chi connectivity index (χ3v) is 4.71. The van der Waals surface area contributed by atoms with E-state index in [9.17, 15) is 4.79 Å². The molecule has 1 heterocycles. The van der Waals surface area contributed by atoms with Crippen molar-refractivity contribution in [2.45, 2.75) is 45.1 Å². The Morgan fingerprint density at radius 2 is 2.00 bits per heavy atom. The molecule has 0 aliphatic heterocycles. The first-order valence-corrected chi connectivity index (χ1v) is 8.64. The number of aryl methyl sites for hydroxylation is 2. The molecule has 0 radical (unpaired) electrons. The van der Waals surface area contributed by atoms with Crippen LogP contribution in [0.15, 0.2) is 39.4 Å². The Bertz CT molecular complexity index is 677. The van der Waals surface area contributed by atoms with Crippen molar-refractivity contribution in [1.82, 2.24) is 5.32 Å². The fourth-order valence-electron chi connectivity index (χ4n) is 3.06. The molecule has 3 rings (SSSR count). The second-order valence-electron chi connectivity index (χ2n) is 5.77. The number of carbonyl (C=O) groups excluding carboxylic acids is 1. The summed E-state index contributed by atoms with van der Waals surface area (Å²) in [6, 6.07) is 10.1. The van der Waals surface area contributed by atoms with Gasteiger partial charge in [-0.15, -0.1) is 0 Å². The van der Waals surface area contributed by atoms with Crippen molar-refractivity contribution in [3.05, 3.63) is 57.5 Å². The van der Waals surface area contributed by atoms with Gasteiger partial charge in [0.15, 0.2) is 10.4 Å². The van der Waals surface area contributed by atoms with Crippen LogP contribution in [0.5, 0.6) is 0 Å². The summed E-state index contributed by atoms with van der Waals surface area (Å²) < 4.78 is 5.89. The summed E-state index contributed by atoms with van der Waals surface area (Å²) in [5.41, 5.74) is 4.09. The van der Waals surface area contributed by atoms with E-state index < -0.39 is 0 Å². The van der Waals surface area contributed by atoms with Crippen LogP contribution in [0.3, 0.4) is 0 Å². The molecule has 116 valence electrons. The second-order valence-corrected chi connectivity index (χ2v) is 6.55. The van der Waals surface area contributed by atoms with Crippen molar-refractivity contribution in [2.75, 3.05) is 0 Å². The molecule has 0 saturated carbocycles. The van der Waals surface area contributed by atoms with E-state index in [-0.39, 0.29) is 11.9 Å².